The monoisotopic (exact) mass is 200 g/mol. The molecule has 1 heteroatoms. The first-order valence-electron chi connectivity index (χ1n) is 5.71. The van der Waals surface area contributed by atoms with Crippen LogP contribution < -0.4 is 0 Å². The van der Waals surface area contributed by atoms with Gasteiger partial charge in [0.05, 0.1) is 0 Å². The standard InChI is InChI=1S/C14H16O/c1-10-12-8-5-9-13(10)14(12,15)11-6-3-2-4-7-11/h2-4,6-7,12-13,15H,1,5,8-9H2/t12-,13+,14?. The molecule has 3 rings (SSSR count). The lowest BCUT2D eigenvalue weighted by molar-refractivity contribution is -0.135. The van der Waals surface area contributed by atoms with Crippen molar-refractivity contribution < 1.29 is 5.11 Å². The quantitative estimate of drug-likeness (QED) is 0.691. The number of benzene rings is 1. The lowest BCUT2D eigenvalue weighted by Crippen LogP contribution is -2.57. The lowest BCUT2D eigenvalue weighted by atomic mass is 9.49. The van der Waals surface area contributed by atoms with Crippen LogP contribution in [0, 0.1) is 11.8 Å². The highest BCUT2D eigenvalue weighted by Crippen LogP contribution is 2.61. The van der Waals surface area contributed by atoms with E-state index in [1.54, 1.807) is 0 Å². The van der Waals surface area contributed by atoms with E-state index in [1.165, 1.54) is 12.0 Å². The molecule has 1 unspecified atom stereocenters. The summed E-state index contributed by atoms with van der Waals surface area (Å²) in [7, 11) is 0. The van der Waals surface area contributed by atoms with Crippen LogP contribution in [0.5, 0.6) is 0 Å². The van der Waals surface area contributed by atoms with E-state index in [0.717, 1.165) is 18.4 Å². The fourth-order valence-electron chi connectivity index (χ4n) is 3.40. The zero-order chi connectivity index (χ0) is 10.5. The van der Waals surface area contributed by atoms with Crippen molar-refractivity contribution in [3.8, 4) is 0 Å². The summed E-state index contributed by atoms with van der Waals surface area (Å²) in [5.74, 6) is 0.609. The molecule has 78 valence electrons. The molecular formula is C14H16O. The fourth-order valence-corrected chi connectivity index (χ4v) is 3.40. The maximum Gasteiger partial charge on any atom is 0.103 e. The van der Waals surface area contributed by atoms with Crippen LogP contribution in [0.2, 0.25) is 0 Å². The van der Waals surface area contributed by atoms with E-state index in [1.807, 2.05) is 30.3 Å². The van der Waals surface area contributed by atoms with Gasteiger partial charge in [-0.3, -0.25) is 0 Å². The molecule has 0 heterocycles. The molecule has 15 heavy (non-hydrogen) atoms. The molecule has 0 aromatic heterocycles. The molecule has 2 aliphatic rings. The second-order valence-corrected chi connectivity index (χ2v) is 4.80. The average Bonchev–Trinajstić information content (AvgIpc) is 2.31. The molecule has 2 bridgehead atoms. The maximum absolute atomic E-state index is 10.8. The Morgan fingerprint density at radius 2 is 1.73 bits per heavy atom. The third-order valence-electron chi connectivity index (χ3n) is 4.18. The Labute approximate surface area is 90.4 Å². The molecule has 3 atom stereocenters. The molecule has 0 saturated heterocycles. The Bertz CT molecular complexity index is 379. The highest BCUT2D eigenvalue weighted by atomic mass is 16.3. The van der Waals surface area contributed by atoms with Gasteiger partial charge in [0.2, 0.25) is 0 Å². The topological polar surface area (TPSA) is 20.2 Å². The first kappa shape index (κ1) is 9.17. The van der Waals surface area contributed by atoms with Gasteiger partial charge in [0.1, 0.15) is 5.60 Å². The highest BCUT2D eigenvalue weighted by Gasteiger charge is 2.59. The van der Waals surface area contributed by atoms with Gasteiger partial charge in [0.25, 0.3) is 0 Å². The summed E-state index contributed by atoms with van der Waals surface area (Å²) in [5, 5.41) is 10.8. The van der Waals surface area contributed by atoms with Crippen LogP contribution in [0.25, 0.3) is 0 Å². The molecule has 1 nitrogen and oxygen atoms in total. The van der Waals surface area contributed by atoms with Crippen LogP contribution in [-0.2, 0) is 5.60 Å². The van der Waals surface area contributed by atoms with Gasteiger partial charge in [-0.15, -0.1) is 0 Å². The molecule has 2 aliphatic carbocycles. The molecule has 0 spiro atoms. The van der Waals surface area contributed by atoms with Crippen molar-refractivity contribution in [2.75, 3.05) is 0 Å². The van der Waals surface area contributed by atoms with Gasteiger partial charge in [-0.05, 0) is 18.4 Å². The number of hydrogen-bond donors (Lipinski definition) is 1. The van der Waals surface area contributed by atoms with Crippen LogP contribution in [0.15, 0.2) is 42.5 Å². The second kappa shape index (κ2) is 2.96. The Balaban J connectivity index is 2.03. The summed E-state index contributed by atoms with van der Waals surface area (Å²) in [5.41, 5.74) is 1.75. The van der Waals surface area contributed by atoms with Gasteiger partial charge in [-0.1, -0.05) is 48.9 Å². The molecule has 1 aromatic rings. The molecule has 2 saturated carbocycles. The van der Waals surface area contributed by atoms with E-state index in [-0.39, 0.29) is 0 Å². The van der Waals surface area contributed by atoms with Crippen LogP contribution in [0.4, 0.5) is 0 Å². The van der Waals surface area contributed by atoms with Crippen molar-refractivity contribution in [2.24, 2.45) is 11.8 Å². The van der Waals surface area contributed by atoms with Gasteiger partial charge in [-0.2, -0.15) is 0 Å². The van der Waals surface area contributed by atoms with Crippen molar-refractivity contribution in [2.45, 2.75) is 24.9 Å². The predicted molar refractivity (Wildman–Crippen MR) is 60.3 cm³/mol. The van der Waals surface area contributed by atoms with Gasteiger partial charge in [0.15, 0.2) is 0 Å². The predicted octanol–water partition coefficient (Wildman–Crippen LogP) is 2.86. The number of aliphatic hydroxyl groups is 1. The molecule has 0 amide bonds. The zero-order valence-electron chi connectivity index (χ0n) is 8.82. The van der Waals surface area contributed by atoms with E-state index in [9.17, 15) is 5.11 Å². The number of rotatable bonds is 1. The first-order valence-corrected chi connectivity index (χ1v) is 5.71. The van der Waals surface area contributed by atoms with E-state index in [0.29, 0.717) is 11.8 Å². The van der Waals surface area contributed by atoms with Crippen molar-refractivity contribution in [1.29, 1.82) is 0 Å². The van der Waals surface area contributed by atoms with E-state index < -0.39 is 5.60 Å². The van der Waals surface area contributed by atoms with Crippen molar-refractivity contribution in [3.63, 3.8) is 0 Å². The van der Waals surface area contributed by atoms with Crippen LogP contribution in [0.3, 0.4) is 0 Å². The Kier molecular flexibility index (Phi) is 1.81. The van der Waals surface area contributed by atoms with E-state index >= 15 is 0 Å². The summed E-state index contributed by atoms with van der Waals surface area (Å²) in [6, 6.07) is 10.1. The lowest BCUT2D eigenvalue weighted by Gasteiger charge is -2.58. The van der Waals surface area contributed by atoms with Crippen molar-refractivity contribution in [1.82, 2.24) is 0 Å². The average molecular weight is 200 g/mol. The molecule has 2 fully saturated rings. The summed E-state index contributed by atoms with van der Waals surface area (Å²) in [6.07, 6.45) is 3.44. The number of hydrogen-bond acceptors (Lipinski definition) is 1. The minimum atomic E-state index is -0.601. The second-order valence-electron chi connectivity index (χ2n) is 4.80. The Morgan fingerprint density at radius 3 is 2.27 bits per heavy atom. The zero-order valence-corrected chi connectivity index (χ0v) is 8.82. The summed E-state index contributed by atoms with van der Waals surface area (Å²) in [4.78, 5) is 0. The summed E-state index contributed by atoms with van der Waals surface area (Å²) >= 11 is 0. The van der Waals surface area contributed by atoms with Gasteiger partial charge in [0, 0.05) is 11.8 Å². The molecule has 1 N–H and O–H groups in total. The van der Waals surface area contributed by atoms with Gasteiger partial charge >= 0.3 is 0 Å². The fraction of sp³-hybridized carbons (Fsp3) is 0.429. The summed E-state index contributed by atoms with van der Waals surface area (Å²) < 4.78 is 0. The first-order chi connectivity index (χ1) is 7.24. The number of fused-ring (bicyclic) bond motifs is 2. The van der Waals surface area contributed by atoms with E-state index in [2.05, 4.69) is 6.58 Å². The van der Waals surface area contributed by atoms with Crippen LogP contribution in [-0.4, -0.2) is 5.11 Å². The van der Waals surface area contributed by atoms with Crippen molar-refractivity contribution >= 4 is 0 Å². The van der Waals surface area contributed by atoms with Crippen molar-refractivity contribution in [3.05, 3.63) is 48.0 Å². The SMILES string of the molecule is C=C1[C@H]2CCC[C@@H]1C2(O)c1ccccc1. The smallest absolute Gasteiger partial charge is 0.103 e. The largest absolute Gasteiger partial charge is 0.384 e. The Morgan fingerprint density at radius 1 is 1.13 bits per heavy atom. The van der Waals surface area contributed by atoms with Gasteiger partial charge < -0.3 is 5.11 Å². The van der Waals surface area contributed by atoms with Gasteiger partial charge in [-0.25, -0.2) is 0 Å². The molecular weight excluding hydrogens is 184 g/mol. The minimum absolute atomic E-state index is 0.304. The molecule has 0 radical (unpaired) electrons. The molecule has 1 aromatic carbocycles. The Hall–Kier alpha value is -1.08. The normalized spacial score (nSPS) is 38.6. The summed E-state index contributed by atoms with van der Waals surface area (Å²) in [6.45, 7) is 4.11. The third-order valence-corrected chi connectivity index (χ3v) is 4.18. The van der Waals surface area contributed by atoms with Crippen LogP contribution in [0.1, 0.15) is 24.8 Å². The highest BCUT2D eigenvalue weighted by molar-refractivity contribution is 5.39. The third kappa shape index (κ3) is 1.02. The van der Waals surface area contributed by atoms with Crippen LogP contribution >= 0.6 is 0 Å². The van der Waals surface area contributed by atoms with E-state index in [4.69, 9.17) is 0 Å². The minimum Gasteiger partial charge on any atom is -0.384 e. The maximum atomic E-state index is 10.8. The molecule has 0 aliphatic heterocycles.